The van der Waals surface area contributed by atoms with E-state index in [1.54, 1.807) is 0 Å². The van der Waals surface area contributed by atoms with Crippen molar-refractivity contribution in [3.05, 3.63) is 35.4 Å². The van der Waals surface area contributed by atoms with Gasteiger partial charge in [0.1, 0.15) is 12.0 Å². The second kappa shape index (κ2) is 6.10. The van der Waals surface area contributed by atoms with Gasteiger partial charge in [-0.2, -0.15) is 0 Å². The van der Waals surface area contributed by atoms with Gasteiger partial charge in [-0.25, -0.2) is 4.98 Å². The van der Waals surface area contributed by atoms with Crippen LogP contribution in [0.1, 0.15) is 51.6 Å². The predicted octanol–water partition coefficient (Wildman–Crippen LogP) is 1.09. The summed E-state index contributed by atoms with van der Waals surface area (Å²) in [4.78, 5) is 28.2. The molecule has 24 heavy (non-hydrogen) atoms. The van der Waals surface area contributed by atoms with E-state index in [0.717, 1.165) is 17.7 Å². The Bertz CT molecular complexity index is 748. The molecule has 2 aliphatic carbocycles. The number of aromatic nitrogens is 2. The molecule has 0 spiro atoms. The first-order chi connectivity index (χ1) is 11.7. The fraction of sp³-hybridized carbons (Fsp3) is 0.500. The third-order valence-corrected chi connectivity index (χ3v) is 4.50. The van der Waals surface area contributed by atoms with Crippen molar-refractivity contribution in [3.8, 4) is 0 Å². The third kappa shape index (κ3) is 3.04. The summed E-state index contributed by atoms with van der Waals surface area (Å²) in [6, 6.07) is -0.0870. The summed E-state index contributed by atoms with van der Waals surface area (Å²) < 4.78 is 10.1. The van der Waals surface area contributed by atoms with Crippen LogP contribution in [0.25, 0.3) is 0 Å². The zero-order valence-corrected chi connectivity index (χ0v) is 13.1. The third-order valence-electron chi connectivity index (χ3n) is 4.50. The van der Waals surface area contributed by atoms with Gasteiger partial charge in [-0.3, -0.25) is 9.59 Å². The van der Waals surface area contributed by atoms with Crippen LogP contribution in [0.15, 0.2) is 21.6 Å². The highest BCUT2D eigenvalue weighted by molar-refractivity contribution is 5.94. The fourth-order valence-electron chi connectivity index (χ4n) is 2.93. The Morgan fingerprint density at radius 1 is 1.25 bits per heavy atom. The highest BCUT2D eigenvalue weighted by Gasteiger charge is 2.30. The molecule has 4 rings (SSSR count). The topological polar surface area (TPSA) is 110 Å². The Morgan fingerprint density at radius 2 is 2.12 bits per heavy atom. The van der Waals surface area contributed by atoms with Crippen LogP contribution in [0.2, 0.25) is 0 Å². The van der Waals surface area contributed by atoms with Crippen molar-refractivity contribution in [2.75, 3.05) is 6.54 Å². The minimum absolute atomic E-state index is 0.0870. The number of oxazole rings is 1. The van der Waals surface area contributed by atoms with Crippen LogP contribution in [0.5, 0.6) is 0 Å². The van der Waals surface area contributed by atoms with Crippen LogP contribution in [0.3, 0.4) is 0 Å². The number of aryl methyl sites for hydroxylation is 1. The number of nitrogens with zero attached hydrogens (tertiary/aromatic N) is 2. The molecule has 0 saturated heterocycles. The minimum atomic E-state index is -0.284. The lowest BCUT2D eigenvalue weighted by atomic mass is 9.91. The first kappa shape index (κ1) is 14.9. The number of hydrogen-bond acceptors (Lipinski definition) is 6. The summed E-state index contributed by atoms with van der Waals surface area (Å²) in [5.41, 5.74) is 1.37. The molecule has 2 amide bonds. The highest BCUT2D eigenvalue weighted by atomic mass is 16.5. The lowest BCUT2D eigenvalue weighted by Gasteiger charge is -2.22. The molecule has 1 saturated carbocycles. The average Bonchev–Trinajstić information content (AvgIpc) is 3.09. The van der Waals surface area contributed by atoms with Crippen molar-refractivity contribution in [1.29, 1.82) is 0 Å². The summed E-state index contributed by atoms with van der Waals surface area (Å²) in [6.45, 7) is 0.687. The van der Waals surface area contributed by atoms with Gasteiger partial charge in [-0.1, -0.05) is 5.16 Å². The van der Waals surface area contributed by atoms with Crippen LogP contribution in [-0.4, -0.2) is 34.5 Å². The van der Waals surface area contributed by atoms with Gasteiger partial charge in [0.2, 0.25) is 0 Å². The SMILES string of the molecule is O=C(NC1CCc2onc(C(=O)NCC3CC3)c2C1)c1cocn1. The summed E-state index contributed by atoms with van der Waals surface area (Å²) in [7, 11) is 0. The van der Waals surface area contributed by atoms with E-state index < -0.39 is 0 Å². The van der Waals surface area contributed by atoms with Crippen LogP contribution in [0.4, 0.5) is 0 Å². The van der Waals surface area contributed by atoms with Gasteiger partial charge < -0.3 is 19.6 Å². The lowest BCUT2D eigenvalue weighted by molar-refractivity contribution is 0.0926. The molecule has 2 aromatic rings. The van der Waals surface area contributed by atoms with Crippen LogP contribution >= 0.6 is 0 Å². The zero-order valence-electron chi connectivity index (χ0n) is 13.1. The van der Waals surface area contributed by atoms with Crippen LogP contribution in [0, 0.1) is 5.92 Å². The minimum Gasteiger partial charge on any atom is -0.451 e. The summed E-state index contributed by atoms with van der Waals surface area (Å²) in [5, 5.41) is 9.75. The van der Waals surface area contributed by atoms with Gasteiger partial charge in [0, 0.05) is 24.6 Å². The van der Waals surface area contributed by atoms with Crippen molar-refractivity contribution >= 4 is 11.8 Å². The molecule has 2 aliphatic rings. The molecule has 0 aliphatic heterocycles. The molecule has 0 radical (unpaired) electrons. The summed E-state index contributed by atoms with van der Waals surface area (Å²) in [6.07, 6.45) is 6.77. The normalized spacial score (nSPS) is 19.6. The molecule has 2 aromatic heterocycles. The molecule has 0 aromatic carbocycles. The Balaban J connectivity index is 1.42. The number of nitrogens with one attached hydrogen (secondary N) is 2. The fourth-order valence-corrected chi connectivity index (χ4v) is 2.93. The van der Waals surface area contributed by atoms with E-state index in [1.807, 2.05) is 0 Å². The molecule has 0 bridgehead atoms. The number of amides is 2. The number of hydrogen-bond donors (Lipinski definition) is 2. The first-order valence-electron chi connectivity index (χ1n) is 8.15. The van der Waals surface area contributed by atoms with E-state index in [1.165, 1.54) is 25.5 Å². The van der Waals surface area contributed by atoms with Crippen molar-refractivity contribution in [2.45, 2.75) is 38.1 Å². The average molecular weight is 330 g/mol. The Labute approximate surface area is 138 Å². The first-order valence-corrected chi connectivity index (χ1v) is 8.15. The smallest absolute Gasteiger partial charge is 0.273 e. The van der Waals surface area contributed by atoms with Gasteiger partial charge in [0.05, 0.1) is 0 Å². The van der Waals surface area contributed by atoms with E-state index in [2.05, 4.69) is 20.8 Å². The van der Waals surface area contributed by atoms with Crippen molar-refractivity contribution in [3.63, 3.8) is 0 Å². The molecule has 1 fully saturated rings. The second-order valence-electron chi connectivity index (χ2n) is 6.37. The van der Waals surface area contributed by atoms with E-state index in [4.69, 9.17) is 8.94 Å². The molecule has 2 heterocycles. The second-order valence-corrected chi connectivity index (χ2v) is 6.37. The van der Waals surface area contributed by atoms with E-state index >= 15 is 0 Å². The van der Waals surface area contributed by atoms with Gasteiger partial charge in [-0.15, -0.1) is 0 Å². The quantitative estimate of drug-likeness (QED) is 0.849. The zero-order chi connectivity index (χ0) is 16.5. The number of carbonyl (C=O) groups excluding carboxylic acids is 2. The van der Waals surface area contributed by atoms with Crippen LogP contribution in [-0.2, 0) is 12.8 Å². The molecule has 8 nitrogen and oxygen atoms in total. The molecule has 126 valence electrons. The standard InChI is InChI=1S/C16H18N4O4/c21-15(12-7-23-8-18-12)19-10-3-4-13-11(5-10)14(20-24-13)16(22)17-6-9-1-2-9/h7-10H,1-6H2,(H,17,22)(H,19,21). The molecular weight excluding hydrogens is 312 g/mol. The van der Waals surface area contributed by atoms with E-state index in [0.29, 0.717) is 31.0 Å². The van der Waals surface area contributed by atoms with Gasteiger partial charge in [0.25, 0.3) is 11.8 Å². The lowest BCUT2D eigenvalue weighted by Crippen LogP contribution is -2.39. The number of carbonyl (C=O) groups is 2. The molecule has 8 heteroatoms. The Kier molecular flexibility index (Phi) is 3.79. The summed E-state index contributed by atoms with van der Waals surface area (Å²) >= 11 is 0. The maximum Gasteiger partial charge on any atom is 0.273 e. The van der Waals surface area contributed by atoms with Gasteiger partial charge in [0.15, 0.2) is 17.8 Å². The highest BCUT2D eigenvalue weighted by Crippen LogP contribution is 2.28. The van der Waals surface area contributed by atoms with Crippen molar-refractivity contribution < 1.29 is 18.5 Å². The maximum atomic E-state index is 12.3. The Hall–Kier alpha value is -2.64. The summed E-state index contributed by atoms with van der Waals surface area (Å²) in [5.74, 6) is 0.855. The maximum absolute atomic E-state index is 12.3. The van der Waals surface area contributed by atoms with E-state index in [9.17, 15) is 9.59 Å². The van der Waals surface area contributed by atoms with Crippen molar-refractivity contribution in [2.24, 2.45) is 5.92 Å². The molecule has 1 unspecified atom stereocenters. The monoisotopic (exact) mass is 330 g/mol. The van der Waals surface area contributed by atoms with Crippen molar-refractivity contribution in [1.82, 2.24) is 20.8 Å². The van der Waals surface area contributed by atoms with Crippen LogP contribution < -0.4 is 10.6 Å². The van der Waals surface area contributed by atoms with Gasteiger partial charge >= 0.3 is 0 Å². The molecular formula is C16H18N4O4. The predicted molar refractivity (Wildman–Crippen MR) is 81.3 cm³/mol. The molecule has 2 N–H and O–H groups in total. The Morgan fingerprint density at radius 3 is 2.88 bits per heavy atom. The largest absolute Gasteiger partial charge is 0.451 e. The van der Waals surface area contributed by atoms with E-state index in [-0.39, 0.29) is 23.6 Å². The van der Waals surface area contributed by atoms with Gasteiger partial charge in [-0.05, 0) is 31.6 Å². The molecule has 1 atom stereocenters. The number of rotatable bonds is 5. The number of fused-ring (bicyclic) bond motifs is 1.